The summed E-state index contributed by atoms with van der Waals surface area (Å²) in [5, 5.41) is 0. The molecule has 0 aromatic carbocycles. The van der Waals surface area contributed by atoms with E-state index in [1.807, 2.05) is 18.7 Å². The van der Waals surface area contributed by atoms with E-state index in [4.69, 9.17) is 9.47 Å². The van der Waals surface area contributed by atoms with E-state index >= 15 is 0 Å². The average Bonchev–Trinajstić information content (AvgIpc) is 2.31. The lowest BCUT2D eigenvalue weighted by atomic mass is 10.4. The van der Waals surface area contributed by atoms with Gasteiger partial charge in [-0.2, -0.15) is 11.8 Å². The molecule has 3 heteroatoms. The Morgan fingerprint density at radius 2 is 2.40 bits per heavy atom. The van der Waals surface area contributed by atoms with Crippen LogP contribution in [0.5, 0.6) is 0 Å². The minimum atomic E-state index is 0.0717. The molecule has 2 atom stereocenters. The lowest BCUT2D eigenvalue weighted by Gasteiger charge is -2.07. The van der Waals surface area contributed by atoms with Crippen LogP contribution in [0.3, 0.4) is 0 Å². The highest BCUT2D eigenvalue weighted by Gasteiger charge is 2.21. The zero-order chi connectivity index (χ0) is 7.40. The quantitative estimate of drug-likeness (QED) is 0.626. The normalized spacial score (nSPS) is 33.0. The van der Waals surface area contributed by atoms with Crippen LogP contribution in [0.2, 0.25) is 0 Å². The summed E-state index contributed by atoms with van der Waals surface area (Å²) < 4.78 is 10.8. The molecule has 0 bridgehead atoms. The first-order chi connectivity index (χ1) is 4.83. The van der Waals surface area contributed by atoms with Crippen LogP contribution in [0.15, 0.2) is 0 Å². The predicted octanol–water partition coefficient (Wildman–Crippen LogP) is 1.50. The summed E-state index contributed by atoms with van der Waals surface area (Å²) in [5.74, 6) is 1.12. The van der Waals surface area contributed by atoms with Crippen LogP contribution in [0, 0.1) is 0 Å². The fraction of sp³-hybridized carbons (Fsp3) is 1.00. The zero-order valence-electron chi connectivity index (χ0n) is 6.50. The SMILES string of the molecule is CSCCC1OCC(C)O1. The van der Waals surface area contributed by atoms with Crippen molar-refractivity contribution in [1.82, 2.24) is 0 Å². The van der Waals surface area contributed by atoms with Gasteiger partial charge in [-0.15, -0.1) is 0 Å². The van der Waals surface area contributed by atoms with E-state index in [9.17, 15) is 0 Å². The van der Waals surface area contributed by atoms with Gasteiger partial charge < -0.3 is 9.47 Å². The van der Waals surface area contributed by atoms with Crippen molar-refractivity contribution in [2.45, 2.75) is 25.7 Å². The number of hydrogen-bond acceptors (Lipinski definition) is 3. The third kappa shape index (κ3) is 2.48. The molecule has 0 saturated carbocycles. The number of thioether (sulfide) groups is 1. The smallest absolute Gasteiger partial charge is 0.158 e. The van der Waals surface area contributed by atoms with Crippen molar-refractivity contribution in [1.29, 1.82) is 0 Å². The Labute approximate surface area is 66.3 Å². The van der Waals surface area contributed by atoms with Crippen molar-refractivity contribution in [3.63, 3.8) is 0 Å². The molecule has 0 spiro atoms. The van der Waals surface area contributed by atoms with Crippen LogP contribution in [-0.2, 0) is 9.47 Å². The molecule has 0 amide bonds. The van der Waals surface area contributed by atoms with Gasteiger partial charge in [0, 0.05) is 6.42 Å². The van der Waals surface area contributed by atoms with Crippen molar-refractivity contribution in [2.75, 3.05) is 18.6 Å². The summed E-state index contributed by atoms with van der Waals surface area (Å²) in [6, 6.07) is 0. The summed E-state index contributed by atoms with van der Waals surface area (Å²) in [6.07, 6.45) is 3.48. The Morgan fingerprint density at radius 3 is 2.90 bits per heavy atom. The van der Waals surface area contributed by atoms with Crippen molar-refractivity contribution in [2.24, 2.45) is 0 Å². The third-order valence-electron chi connectivity index (χ3n) is 1.46. The predicted molar refractivity (Wildman–Crippen MR) is 43.3 cm³/mol. The van der Waals surface area contributed by atoms with Gasteiger partial charge in [-0.25, -0.2) is 0 Å². The molecule has 2 nitrogen and oxygen atoms in total. The summed E-state index contributed by atoms with van der Waals surface area (Å²) in [6.45, 7) is 2.80. The fourth-order valence-corrected chi connectivity index (χ4v) is 1.37. The molecular weight excluding hydrogens is 148 g/mol. The van der Waals surface area contributed by atoms with Crippen LogP contribution in [0.4, 0.5) is 0 Å². The zero-order valence-corrected chi connectivity index (χ0v) is 7.32. The molecule has 0 aliphatic carbocycles. The molecular formula is C7H14O2S. The molecule has 2 unspecified atom stereocenters. The lowest BCUT2D eigenvalue weighted by molar-refractivity contribution is -0.0549. The van der Waals surface area contributed by atoms with Gasteiger partial charge in [-0.3, -0.25) is 0 Å². The first kappa shape index (κ1) is 8.37. The molecule has 60 valence electrons. The summed E-state index contributed by atoms with van der Waals surface area (Å²) in [5.41, 5.74) is 0. The van der Waals surface area contributed by atoms with Gasteiger partial charge in [0.05, 0.1) is 12.7 Å². The second-order valence-electron chi connectivity index (χ2n) is 2.49. The largest absolute Gasteiger partial charge is 0.350 e. The van der Waals surface area contributed by atoms with Crippen molar-refractivity contribution in [3.8, 4) is 0 Å². The Hall–Kier alpha value is 0.270. The van der Waals surface area contributed by atoms with Gasteiger partial charge in [-0.05, 0) is 18.9 Å². The standard InChI is InChI=1S/C7H14O2S/c1-6-5-8-7(9-6)3-4-10-2/h6-7H,3-5H2,1-2H3. The minimum Gasteiger partial charge on any atom is -0.350 e. The Bertz CT molecular complexity index is 97.6. The van der Waals surface area contributed by atoms with E-state index in [1.54, 1.807) is 0 Å². The second-order valence-corrected chi connectivity index (χ2v) is 3.48. The monoisotopic (exact) mass is 162 g/mol. The van der Waals surface area contributed by atoms with Crippen LogP contribution >= 0.6 is 11.8 Å². The number of rotatable bonds is 3. The molecule has 0 radical (unpaired) electrons. The summed E-state index contributed by atoms with van der Waals surface area (Å²) in [4.78, 5) is 0. The highest BCUT2D eigenvalue weighted by molar-refractivity contribution is 7.98. The maximum Gasteiger partial charge on any atom is 0.158 e. The van der Waals surface area contributed by atoms with Gasteiger partial charge in [0.25, 0.3) is 0 Å². The van der Waals surface area contributed by atoms with Gasteiger partial charge in [0.15, 0.2) is 6.29 Å². The molecule has 1 heterocycles. The molecule has 1 saturated heterocycles. The van der Waals surface area contributed by atoms with Crippen LogP contribution in [0.25, 0.3) is 0 Å². The van der Waals surface area contributed by atoms with Gasteiger partial charge in [-0.1, -0.05) is 0 Å². The molecule has 1 fully saturated rings. The third-order valence-corrected chi connectivity index (χ3v) is 2.10. The van der Waals surface area contributed by atoms with E-state index in [0.717, 1.165) is 18.8 Å². The molecule has 1 aliphatic heterocycles. The first-order valence-corrected chi connectivity index (χ1v) is 4.98. The maximum atomic E-state index is 5.43. The molecule has 0 N–H and O–H groups in total. The first-order valence-electron chi connectivity index (χ1n) is 3.59. The highest BCUT2D eigenvalue weighted by Crippen LogP contribution is 2.15. The Balaban J connectivity index is 2.06. The Kier molecular flexibility index (Phi) is 3.52. The second kappa shape index (κ2) is 4.21. The average molecular weight is 162 g/mol. The summed E-state index contributed by atoms with van der Waals surface area (Å²) in [7, 11) is 0. The van der Waals surface area contributed by atoms with E-state index in [-0.39, 0.29) is 6.29 Å². The lowest BCUT2D eigenvalue weighted by Crippen LogP contribution is -2.09. The van der Waals surface area contributed by atoms with Crippen molar-refractivity contribution < 1.29 is 9.47 Å². The van der Waals surface area contributed by atoms with E-state index < -0.39 is 0 Å². The summed E-state index contributed by atoms with van der Waals surface area (Å²) >= 11 is 1.83. The van der Waals surface area contributed by atoms with Gasteiger partial charge >= 0.3 is 0 Å². The molecule has 1 rings (SSSR count). The Morgan fingerprint density at radius 1 is 1.60 bits per heavy atom. The number of hydrogen-bond donors (Lipinski definition) is 0. The van der Waals surface area contributed by atoms with E-state index in [0.29, 0.717) is 6.10 Å². The van der Waals surface area contributed by atoms with Crippen LogP contribution < -0.4 is 0 Å². The molecule has 0 aromatic heterocycles. The number of ether oxygens (including phenoxy) is 2. The maximum absolute atomic E-state index is 5.43. The highest BCUT2D eigenvalue weighted by atomic mass is 32.2. The topological polar surface area (TPSA) is 18.5 Å². The van der Waals surface area contributed by atoms with Gasteiger partial charge in [0.1, 0.15) is 0 Å². The van der Waals surface area contributed by atoms with Crippen LogP contribution in [0.1, 0.15) is 13.3 Å². The minimum absolute atomic E-state index is 0.0717. The van der Waals surface area contributed by atoms with E-state index in [2.05, 4.69) is 6.26 Å². The molecule has 0 aromatic rings. The van der Waals surface area contributed by atoms with Crippen LogP contribution in [-0.4, -0.2) is 31.0 Å². The fourth-order valence-electron chi connectivity index (χ4n) is 0.946. The molecule has 10 heavy (non-hydrogen) atoms. The molecule has 1 aliphatic rings. The van der Waals surface area contributed by atoms with E-state index in [1.165, 1.54) is 0 Å². The van der Waals surface area contributed by atoms with Crippen molar-refractivity contribution in [3.05, 3.63) is 0 Å². The van der Waals surface area contributed by atoms with Crippen molar-refractivity contribution >= 4 is 11.8 Å². The van der Waals surface area contributed by atoms with Gasteiger partial charge in [0.2, 0.25) is 0 Å².